The van der Waals surface area contributed by atoms with Gasteiger partial charge in [-0.3, -0.25) is 4.79 Å². The Bertz CT molecular complexity index is 238. The molecule has 0 radical (unpaired) electrons. The molecule has 0 bridgehead atoms. The molecule has 2 aliphatic heterocycles. The molecule has 0 saturated carbocycles. The highest BCUT2D eigenvalue weighted by Crippen LogP contribution is 2.17. The van der Waals surface area contributed by atoms with Gasteiger partial charge in [-0.15, -0.1) is 0 Å². The summed E-state index contributed by atoms with van der Waals surface area (Å²) in [6.07, 6.45) is 2.13. The summed E-state index contributed by atoms with van der Waals surface area (Å²) in [6.45, 7) is 4.01. The van der Waals surface area contributed by atoms with Crippen LogP contribution in [0.5, 0.6) is 0 Å². The summed E-state index contributed by atoms with van der Waals surface area (Å²) in [5, 5.41) is 3.25. The predicted octanol–water partition coefficient (Wildman–Crippen LogP) is -0.242. The van der Waals surface area contributed by atoms with E-state index < -0.39 is 0 Å². The Morgan fingerprint density at radius 1 is 1.47 bits per heavy atom. The number of rotatable bonds is 2. The minimum atomic E-state index is 0.223. The minimum absolute atomic E-state index is 0.223. The van der Waals surface area contributed by atoms with Crippen molar-refractivity contribution >= 4 is 5.91 Å². The summed E-state index contributed by atoms with van der Waals surface area (Å²) >= 11 is 0. The van der Waals surface area contributed by atoms with Crippen molar-refractivity contribution in [3.8, 4) is 0 Å². The van der Waals surface area contributed by atoms with Gasteiger partial charge in [-0.1, -0.05) is 0 Å². The molecule has 4 nitrogen and oxygen atoms in total. The van der Waals surface area contributed by atoms with Gasteiger partial charge in [-0.05, 0) is 33.0 Å². The molecule has 86 valence electrons. The zero-order valence-corrected chi connectivity index (χ0v) is 9.70. The third-order valence-electron chi connectivity index (χ3n) is 3.67. The summed E-state index contributed by atoms with van der Waals surface area (Å²) < 4.78 is 0. The Morgan fingerprint density at radius 2 is 2.27 bits per heavy atom. The van der Waals surface area contributed by atoms with Crippen LogP contribution in [0.25, 0.3) is 0 Å². The third kappa shape index (κ3) is 2.32. The van der Waals surface area contributed by atoms with Crippen LogP contribution in [0.15, 0.2) is 0 Å². The van der Waals surface area contributed by atoms with Crippen LogP contribution in [-0.4, -0.2) is 62.0 Å². The van der Waals surface area contributed by atoms with Gasteiger partial charge in [0.1, 0.15) is 0 Å². The van der Waals surface area contributed by atoms with E-state index in [1.54, 1.807) is 0 Å². The maximum Gasteiger partial charge on any atom is 0.227 e. The first kappa shape index (κ1) is 10.9. The van der Waals surface area contributed by atoms with Crippen LogP contribution >= 0.6 is 0 Å². The second kappa shape index (κ2) is 4.49. The molecule has 0 aromatic heterocycles. The molecule has 2 aliphatic rings. The molecule has 2 atom stereocenters. The highest BCUT2D eigenvalue weighted by atomic mass is 16.2. The van der Waals surface area contributed by atoms with Gasteiger partial charge in [0.25, 0.3) is 0 Å². The molecular weight excluding hydrogens is 190 g/mol. The lowest BCUT2D eigenvalue weighted by Crippen LogP contribution is -2.42. The summed E-state index contributed by atoms with van der Waals surface area (Å²) in [6, 6.07) is 0.433. The van der Waals surface area contributed by atoms with Gasteiger partial charge in [-0.2, -0.15) is 0 Å². The molecule has 15 heavy (non-hydrogen) atoms. The molecule has 0 aromatic rings. The van der Waals surface area contributed by atoms with Gasteiger partial charge in [0.15, 0.2) is 0 Å². The maximum atomic E-state index is 12.1. The van der Waals surface area contributed by atoms with E-state index >= 15 is 0 Å². The van der Waals surface area contributed by atoms with Gasteiger partial charge >= 0.3 is 0 Å². The van der Waals surface area contributed by atoms with Crippen LogP contribution in [0.4, 0.5) is 0 Å². The number of nitrogens with one attached hydrogen (secondary N) is 1. The van der Waals surface area contributed by atoms with Crippen LogP contribution in [0.1, 0.15) is 12.8 Å². The molecule has 2 saturated heterocycles. The topological polar surface area (TPSA) is 35.6 Å². The van der Waals surface area contributed by atoms with Crippen LogP contribution in [-0.2, 0) is 4.79 Å². The van der Waals surface area contributed by atoms with Crippen molar-refractivity contribution in [2.75, 3.05) is 40.3 Å². The fourth-order valence-electron chi connectivity index (χ4n) is 2.56. The molecule has 1 amide bonds. The number of nitrogens with zero attached hydrogens (tertiary/aromatic N) is 2. The lowest BCUT2D eigenvalue weighted by molar-refractivity contribution is -0.135. The van der Waals surface area contributed by atoms with Crippen molar-refractivity contribution in [3.05, 3.63) is 0 Å². The van der Waals surface area contributed by atoms with E-state index in [0.717, 1.165) is 39.0 Å². The smallest absolute Gasteiger partial charge is 0.227 e. The highest BCUT2D eigenvalue weighted by molar-refractivity contribution is 5.79. The first-order valence-electron chi connectivity index (χ1n) is 5.84. The summed E-state index contributed by atoms with van der Waals surface area (Å²) in [7, 11) is 4.08. The third-order valence-corrected chi connectivity index (χ3v) is 3.67. The van der Waals surface area contributed by atoms with Crippen molar-refractivity contribution in [3.63, 3.8) is 0 Å². The maximum absolute atomic E-state index is 12.1. The molecule has 0 aliphatic carbocycles. The number of hydrogen-bond acceptors (Lipinski definition) is 3. The van der Waals surface area contributed by atoms with Gasteiger partial charge in [0.05, 0.1) is 5.92 Å². The van der Waals surface area contributed by atoms with E-state index in [4.69, 9.17) is 0 Å². The number of carbonyl (C=O) groups is 1. The van der Waals surface area contributed by atoms with Crippen molar-refractivity contribution < 1.29 is 4.79 Å². The van der Waals surface area contributed by atoms with Crippen LogP contribution in [0.3, 0.4) is 0 Å². The van der Waals surface area contributed by atoms with Crippen LogP contribution in [0, 0.1) is 5.92 Å². The van der Waals surface area contributed by atoms with Crippen LogP contribution in [0.2, 0.25) is 0 Å². The van der Waals surface area contributed by atoms with E-state index in [9.17, 15) is 4.79 Å². The summed E-state index contributed by atoms with van der Waals surface area (Å²) in [5.41, 5.74) is 0. The van der Waals surface area contributed by atoms with E-state index in [-0.39, 0.29) is 5.92 Å². The monoisotopic (exact) mass is 211 g/mol. The van der Waals surface area contributed by atoms with Gasteiger partial charge in [0.2, 0.25) is 5.91 Å². The van der Waals surface area contributed by atoms with Crippen molar-refractivity contribution in [2.45, 2.75) is 18.9 Å². The largest absolute Gasteiger partial charge is 0.341 e. The first-order chi connectivity index (χ1) is 7.18. The Hall–Kier alpha value is -0.610. The van der Waals surface area contributed by atoms with Crippen molar-refractivity contribution in [1.29, 1.82) is 0 Å². The Morgan fingerprint density at radius 3 is 2.80 bits per heavy atom. The Labute approximate surface area is 91.6 Å². The SMILES string of the molecule is CN1CCC(N(C)C(=O)C2CCNC2)C1. The summed E-state index contributed by atoms with van der Waals surface area (Å²) in [5.74, 6) is 0.557. The fraction of sp³-hybridized carbons (Fsp3) is 0.909. The lowest BCUT2D eigenvalue weighted by Gasteiger charge is -2.26. The molecule has 0 aromatic carbocycles. The molecule has 2 heterocycles. The quantitative estimate of drug-likeness (QED) is 0.684. The van der Waals surface area contributed by atoms with Gasteiger partial charge in [-0.25, -0.2) is 0 Å². The Kier molecular flexibility index (Phi) is 3.26. The van der Waals surface area contributed by atoms with Gasteiger partial charge < -0.3 is 15.1 Å². The second-order valence-electron chi connectivity index (χ2n) is 4.84. The van der Waals surface area contributed by atoms with E-state index in [0.29, 0.717) is 11.9 Å². The number of likely N-dealkylation sites (tertiary alicyclic amines) is 1. The average Bonchev–Trinajstić information content (AvgIpc) is 2.85. The Balaban J connectivity index is 1.89. The zero-order valence-electron chi connectivity index (χ0n) is 9.70. The van der Waals surface area contributed by atoms with Crippen LogP contribution < -0.4 is 5.32 Å². The molecule has 4 heteroatoms. The molecule has 2 fully saturated rings. The molecule has 2 unspecified atom stereocenters. The number of likely N-dealkylation sites (N-methyl/N-ethyl adjacent to an activating group) is 2. The number of carbonyl (C=O) groups excluding carboxylic acids is 1. The van der Waals surface area contributed by atoms with E-state index in [1.807, 2.05) is 11.9 Å². The summed E-state index contributed by atoms with van der Waals surface area (Å²) in [4.78, 5) is 16.4. The standard InChI is InChI=1S/C11H21N3O/c1-13-6-4-10(8-13)14(2)11(15)9-3-5-12-7-9/h9-10,12H,3-8H2,1-2H3. The molecule has 0 spiro atoms. The zero-order chi connectivity index (χ0) is 10.8. The molecular formula is C11H21N3O. The van der Waals surface area contributed by atoms with E-state index in [2.05, 4.69) is 17.3 Å². The second-order valence-corrected chi connectivity index (χ2v) is 4.84. The van der Waals surface area contributed by atoms with Crippen molar-refractivity contribution in [1.82, 2.24) is 15.1 Å². The first-order valence-corrected chi connectivity index (χ1v) is 5.84. The number of amides is 1. The van der Waals surface area contributed by atoms with E-state index in [1.165, 1.54) is 0 Å². The van der Waals surface area contributed by atoms with Gasteiger partial charge in [0, 0.05) is 26.2 Å². The number of hydrogen-bond donors (Lipinski definition) is 1. The fourth-order valence-corrected chi connectivity index (χ4v) is 2.56. The predicted molar refractivity (Wildman–Crippen MR) is 59.6 cm³/mol. The molecule has 2 rings (SSSR count). The lowest BCUT2D eigenvalue weighted by atomic mass is 10.1. The highest BCUT2D eigenvalue weighted by Gasteiger charge is 2.31. The minimum Gasteiger partial charge on any atom is -0.341 e. The average molecular weight is 211 g/mol. The molecule has 1 N–H and O–H groups in total. The normalized spacial score (nSPS) is 32.1. The van der Waals surface area contributed by atoms with Crippen molar-refractivity contribution in [2.24, 2.45) is 5.92 Å².